The van der Waals surface area contributed by atoms with Crippen LogP contribution in [0.25, 0.3) is 0 Å². The number of halogens is 6. The van der Waals surface area contributed by atoms with E-state index < -0.39 is 95.5 Å². The Kier molecular flexibility index (Phi) is 67.4. The smallest absolute Gasteiger partial charge is 0.351 e. The number of ether oxygens (including phenoxy) is 11. The minimum Gasteiger partial charge on any atom is -0.463 e. The van der Waals surface area contributed by atoms with E-state index in [1.54, 1.807) is 97.1 Å². The Labute approximate surface area is 777 Å². The molecule has 0 aliphatic carbocycles. The van der Waals surface area contributed by atoms with Crippen LogP contribution in [0, 0.1) is 42.4 Å². The summed E-state index contributed by atoms with van der Waals surface area (Å²) < 4.78 is 89.3. The minimum absolute atomic E-state index is 0. The van der Waals surface area contributed by atoms with Crippen molar-refractivity contribution in [1.82, 2.24) is 0 Å². The second-order valence-electron chi connectivity index (χ2n) is 31.3. The fraction of sp³-hybridized carbons (Fsp3) is 0.619. The van der Waals surface area contributed by atoms with Gasteiger partial charge in [-0.15, -0.1) is 0 Å². The first kappa shape index (κ1) is 119. The number of fused-ring (bicyclic) bond motifs is 1. The van der Waals surface area contributed by atoms with Crippen molar-refractivity contribution in [2.75, 3.05) is 26.4 Å². The Bertz CT molecular complexity index is 3560. The van der Waals surface area contributed by atoms with Gasteiger partial charge in [0.25, 0.3) is 3.79 Å². The van der Waals surface area contributed by atoms with E-state index in [4.69, 9.17) is 113 Å². The van der Waals surface area contributed by atoms with Crippen LogP contribution in [0.5, 0.6) is 0 Å². The van der Waals surface area contributed by atoms with Crippen LogP contribution in [0.1, 0.15) is 298 Å². The van der Waals surface area contributed by atoms with Crippen LogP contribution in [0.3, 0.4) is 0 Å². The van der Waals surface area contributed by atoms with E-state index in [0.717, 1.165) is 50.5 Å². The van der Waals surface area contributed by atoms with Crippen LogP contribution in [-0.4, -0.2) is 146 Å². The van der Waals surface area contributed by atoms with E-state index in [2.05, 4.69) is 41.5 Å². The molecule has 0 aromatic heterocycles. The Morgan fingerprint density at radius 1 is 0.520 bits per heavy atom. The van der Waals surface area contributed by atoms with Crippen LogP contribution in [0.4, 0.5) is 13.5 Å². The zero-order valence-corrected chi connectivity index (χ0v) is 79.1. The molecule has 1 radical (unpaired) electrons. The predicted molar refractivity (Wildman–Crippen MR) is 493 cm³/mol. The SMILES string of the molecule is C.CC.CC1C(OC(=N)C(Cl)(Cl)Cl)OC2COC(c3ccccc3)OC2C1C.CCCCCCCCCCCCCC[C@@H](OC(=O)c1ccccc1)[C@@H](OC(=O)c1ccccc1)[C@@H](N)CO.CCCCCCCCCCCCCC[C@@H](OC(=O)c1ccccc1)[C@@H](OC(=O)c1ccccc1)[C@@H](N)COC1OC(COC(C)=O)C(C)C(C)C1C.C[B]F.FF.[2HH].[CH3-].[Pd]. The quantitative estimate of drug-likeness (QED) is 0.00412. The molecule has 6 N–H and O–H groups in total. The molecule has 5 aromatic rings. The molecule has 125 heavy (non-hydrogen) atoms. The van der Waals surface area contributed by atoms with E-state index in [0.29, 0.717) is 49.3 Å². The van der Waals surface area contributed by atoms with Crippen molar-refractivity contribution in [1.29, 1.82) is 5.41 Å². The Hall–Kier alpha value is -6.01. The van der Waals surface area contributed by atoms with Crippen molar-refractivity contribution in [3.63, 3.8) is 0 Å². The molecule has 3 saturated heterocycles. The first-order valence-corrected chi connectivity index (χ1v) is 45.4. The Balaban J connectivity index is 0. The Morgan fingerprint density at radius 2 is 0.856 bits per heavy atom. The van der Waals surface area contributed by atoms with Gasteiger partial charge < -0.3 is 80.4 Å². The molecule has 0 bridgehead atoms. The third-order valence-electron chi connectivity index (χ3n) is 22.1. The molecular formula is C97H150BCl3F3N3O17Pd-. The zero-order valence-electron chi connectivity index (χ0n) is 75.3. The van der Waals surface area contributed by atoms with Gasteiger partial charge >= 0.3 is 37.4 Å². The number of aliphatic hydroxyl groups excluding tert-OH is 1. The second-order valence-corrected chi connectivity index (χ2v) is 33.6. The molecule has 3 fully saturated rings. The fourth-order valence-corrected chi connectivity index (χ4v) is 14.6. The summed E-state index contributed by atoms with van der Waals surface area (Å²) in [5, 5.41) is 17.6. The maximum atomic E-state index is 13.5. The van der Waals surface area contributed by atoms with Crippen molar-refractivity contribution >= 4 is 78.1 Å². The van der Waals surface area contributed by atoms with Crippen LogP contribution >= 0.6 is 34.8 Å². The van der Waals surface area contributed by atoms with Crippen LogP contribution < -0.4 is 11.5 Å². The zero-order chi connectivity index (χ0) is 90.0. The summed E-state index contributed by atoms with van der Waals surface area (Å²) in [6.07, 6.45) is 23.9. The van der Waals surface area contributed by atoms with Gasteiger partial charge in [-0.05, 0) is 92.0 Å². The van der Waals surface area contributed by atoms with Gasteiger partial charge in [-0.1, -0.05) is 356 Å². The molecule has 11 unspecified atom stereocenters. The van der Waals surface area contributed by atoms with E-state index in [1.165, 1.54) is 123 Å². The van der Waals surface area contributed by atoms with Crippen molar-refractivity contribution in [3.8, 4) is 0 Å². The van der Waals surface area contributed by atoms with Crippen LogP contribution in [0.2, 0.25) is 6.82 Å². The summed E-state index contributed by atoms with van der Waals surface area (Å²) in [7, 11) is 0.500. The molecule has 3 heterocycles. The summed E-state index contributed by atoms with van der Waals surface area (Å²) >= 11 is 17.1. The largest absolute Gasteiger partial charge is 0.463 e. The molecule has 0 saturated carbocycles. The maximum Gasteiger partial charge on any atom is 0.351 e. The van der Waals surface area contributed by atoms with Crippen molar-refractivity contribution in [3.05, 3.63) is 187 Å². The summed E-state index contributed by atoms with van der Waals surface area (Å²) in [4.78, 5) is 64.1. The van der Waals surface area contributed by atoms with Gasteiger partial charge in [-0.3, -0.25) is 10.2 Å². The molecule has 8 rings (SSSR count). The van der Waals surface area contributed by atoms with E-state index in [-0.39, 0.29) is 104 Å². The number of rotatable bonds is 46. The van der Waals surface area contributed by atoms with E-state index in [9.17, 15) is 33.4 Å². The number of hydrogen-bond donors (Lipinski definition) is 4. The number of alkyl halides is 3. The summed E-state index contributed by atoms with van der Waals surface area (Å²) in [6, 6.07) is 42.9. The minimum atomic E-state index is -1.92. The molecule has 3 aliphatic heterocycles. The standard InChI is InChI=1S/C43H65NO8.C32H47NO5.C17H20Cl3NO4.C2H6.CH3BF.CH4.CH3.F2.Pd.H2/c1-6-7-8-9-10-11-12-13-14-15-16-23-28-38(50-41(46)35-24-19-17-20-25-35)40(52-42(47)36-26-21-18-22-27-36)37(44)29-49-43-33(4)31(2)32(3)39(51-43)30-48-34(5)45;1-2-3-4-5-6-7-8-9-10-11-12-19-24-29(37-31(35)26-20-15-13-16-21-26)30(28(33)25-34)38-32(36)27-22-17-14-18-23-27;1-9-10(2)14(25-16(21)17(18,19)20)23-12-8-22-15(24-13(9)12)11-6-4-3-5-7-11;1-2;1-2-3;;;1-2;;/h17-22,24-27,31-33,37-40,43H,6-16,23,28-30,44H2,1-5H3;13-18,20-23,28-30,34H,2-12,19,24-25,33H2,1H3;3-7,9-10,12-15,21H,8H2,1-2H3;1-2H3;1H3;1H4;1H3;;;1H/q;;;;;;-1;;;/t31?,32?,33?,37-,38+,39?,40-,43?;28-,29+,30-;;;;;;;;/m00......../s1/i;;;;;;;;;1+1. The second kappa shape index (κ2) is 70.8. The number of nitrogens with two attached hydrogens (primary N) is 2. The van der Waals surface area contributed by atoms with E-state index >= 15 is 0 Å². The van der Waals surface area contributed by atoms with Gasteiger partial charge in [-0.2, -0.15) is 0 Å². The summed E-state index contributed by atoms with van der Waals surface area (Å²) in [5.41, 5.74) is 15.6. The monoisotopic (exact) mass is 1910 g/mol. The normalized spacial score (nSPS) is 20.5. The fourth-order valence-electron chi connectivity index (χ4n) is 14.5. The summed E-state index contributed by atoms with van der Waals surface area (Å²) in [5.74, 6) is -2.50. The first-order chi connectivity index (χ1) is 58.9. The average molecular weight is 1910 g/mol. The number of benzene rings is 5. The number of esters is 5. The number of unbranched alkanes of at least 4 members (excludes halogenated alkanes) is 22. The predicted octanol–water partition coefficient (Wildman–Crippen LogP) is 24.2. The number of nitrogens with one attached hydrogen (secondary N) is 1. The maximum absolute atomic E-state index is 13.5. The van der Waals surface area contributed by atoms with Crippen LogP contribution in [-0.2, 0) is 77.3 Å². The molecule has 28 heteroatoms. The molecule has 20 nitrogen and oxygen atoms in total. The number of hydrogen-bond acceptors (Lipinski definition) is 20. The third kappa shape index (κ3) is 46.4. The van der Waals surface area contributed by atoms with Gasteiger partial charge in [0.1, 0.15) is 24.9 Å². The molecule has 3 aliphatic rings. The van der Waals surface area contributed by atoms with Crippen molar-refractivity contribution in [2.45, 2.75) is 328 Å². The molecular weight excluding hydrogens is 1760 g/mol. The van der Waals surface area contributed by atoms with Gasteiger partial charge in [-0.25, -0.2) is 19.2 Å². The van der Waals surface area contributed by atoms with Gasteiger partial charge in [0.05, 0.1) is 66.4 Å². The topological polar surface area (TPSA) is 283 Å². The van der Waals surface area contributed by atoms with E-state index in [1.807, 2.05) is 75.4 Å². The molecule has 711 valence electrons. The average Bonchev–Trinajstić information content (AvgIpc) is 0.779. The third-order valence-corrected chi connectivity index (χ3v) is 22.6. The number of carbonyl (C=O) groups excluding carboxylic acids is 5. The van der Waals surface area contributed by atoms with Gasteiger partial charge in [0.2, 0.25) is 12.2 Å². The first-order valence-electron chi connectivity index (χ1n) is 44.3. The van der Waals surface area contributed by atoms with Crippen LogP contribution in [0.15, 0.2) is 152 Å². The number of carbonyl (C=O) groups is 5. The summed E-state index contributed by atoms with van der Waals surface area (Å²) in [6.45, 7) is 21.6. The molecule has 5 aromatic carbocycles. The number of aliphatic hydroxyl groups is 1. The molecule has 0 amide bonds. The molecule has 17 atom stereocenters. The van der Waals surface area contributed by atoms with Crippen molar-refractivity contribution in [2.24, 2.45) is 41.1 Å². The van der Waals surface area contributed by atoms with Gasteiger partial charge in [0.15, 0.2) is 24.8 Å². The molecule has 0 spiro atoms. The van der Waals surface area contributed by atoms with Crippen molar-refractivity contribution < 1.29 is 116 Å². The Morgan fingerprint density at radius 3 is 1.21 bits per heavy atom. The van der Waals surface area contributed by atoms with Gasteiger partial charge in [0, 0.05) is 55.3 Å².